The van der Waals surface area contributed by atoms with Crippen molar-refractivity contribution < 1.29 is 24.2 Å². The van der Waals surface area contributed by atoms with Crippen molar-refractivity contribution in [3.8, 4) is 5.75 Å². The van der Waals surface area contributed by atoms with Crippen LogP contribution in [0.5, 0.6) is 5.75 Å². The third-order valence-electron chi connectivity index (χ3n) is 2.63. The molecular weight excluding hydrogens is 276 g/mol. The molecule has 0 bridgehead atoms. The minimum atomic E-state index is -0.381. The Balaban J connectivity index is 2.74. The van der Waals surface area contributed by atoms with Gasteiger partial charge in [-0.1, -0.05) is 0 Å². The summed E-state index contributed by atoms with van der Waals surface area (Å²) >= 11 is 0. The van der Waals surface area contributed by atoms with Gasteiger partial charge in [0, 0.05) is 38.4 Å². The van der Waals surface area contributed by atoms with Crippen molar-refractivity contribution in [1.82, 2.24) is 10.6 Å². The van der Waals surface area contributed by atoms with Crippen molar-refractivity contribution in [2.24, 2.45) is 0 Å². The predicted octanol–water partition coefficient (Wildman–Crippen LogP) is 0.145. The highest BCUT2D eigenvalue weighted by Crippen LogP contribution is 2.15. The molecule has 1 aromatic carbocycles. The van der Waals surface area contributed by atoms with Gasteiger partial charge in [-0.3, -0.25) is 9.59 Å². The highest BCUT2D eigenvalue weighted by molar-refractivity contribution is 6.00. The zero-order chi connectivity index (χ0) is 15.7. The molecule has 0 spiro atoms. The number of hydrogen-bond donors (Lipinski definition) is 3. The third-order valence-corrected chi connectivity index (χ3v) is 2.63. The fourth-order valence-electron chi connectivity index (χ4n) is 1.61. The number of carbonyl (C=O) groups is 2. The lowest BCUT2D eigenvalue weighted by Gasteiger charge is -2.08. The Bertz CT molecular complexity index is 450. The van der Waals surface area contributed by atoms with Gasteiger partial charge in [0.25, 0.3) is 11.8 Å². The zero-order valence-corrected chi connectivity index (χ0v) is 12.1. The Hall–Kier alpha value is -2.12. The molecule has 0 radical (unpaired) electrons. The normalized spacial score (nSPS) is 10.2. The number of aromatic hydroxyl groups is 1. The molecule has 3 N–H and O–H groups in total. The molecular formula is C14H20N2O5. The Kier molecular flexibility index (Phi) is 7.20. The first-order chi connectivity index (χ1) is 10.1. The van der Waals surface area contributed by atoms with Crippen molar-refractivity contribution >= 4 is 11.8 Å². The van der Waals surface area contributed by atoms with Crippen LogP contribution in [0.25, 0.3) is 0 Å². The van der Waals surface area contributed by atoms with E-state index in [1.165, 1.54) is 32.4 Å². The number of phenolic OH excluding ortho intramolecular Hbond substituents is 1. The monoisotopic (exact) mass is 296 g/mol. The van der Waals surface area contributed by atoms with Crippen LogP contribution in [0.2, 0.25) is 0 Å². The standard InChI is InChI=1S/C14H20N2O5/c1-20-5-3-15-13(18)10-7-11(9-12(17)8-10)14(19)16-4-6-21-2/h7-9,17H,3-6H2,1-2H3,(H,15,18)(H,16,19). The average Bonchev–Trinajstić information content (AvgIpc) is 2.47. The minimum absolute atomic E-state index is 0.147. The molecule has 21 heavy (non-hydrogen) atoms. The van der Waals surface area contributed by atoms with Crippen molar-refractivity contribution in [3.63, 3.8) is 0 Å². The molecule has 0 fully saturated rings. The fraction of sp³-hybridized carbons (Fsp3) is 0.429. The molecule has 7 nitrogen and oxygen atoms in total. The van der Waals surface area contributed by atoms with Gasteiger partial charge in [0.2, 0.25) is 0 Å². The second-order valence-corrected chi connectivity index (χ2v) is 4.27. The molecule has 1 aromatic rings. The highest BCUT2D eigenvalue weighted by Gasteiger charge is 2.12. The minimum Gasteiger partial charge on any atom is -0.508 e. The van der Waals surface area contributed by atoms with E-state index in [0.717, 1.165) is 0 Å². The maximum Gasteiger partial charge on any atom is 0.251 e. The van der Waals surface area contributed by atoms with Gasteiger partial charge >= 0.3 is 0 Å². The molecule has 0 heterocycles. The maximum atomic E-state index is 11.9. The van der Waals surface area contributed by atoms with Crippen LogP contribution < -0.4 is 10.6 Å². The molecule has 2 amide bonds. The second kappa shape index (κ2) is 8.93. The van der Waals surface area contributed by atoms with Gasteiger partial charge in [-0.15, -0.1) is 0 Å². The summed E-state index contributed by atoms with van der Waals surface area (Å²) in [5.41, 5.74) is 0.422. The van der Waals surface area contributed by atoms with Crippen LogP contribution in [-0.2, 0) is 9.47 Å². The summed E-state index contributed by atoms with van der Waals surface area (Å²) in [5, 5.41) is 14.9. The molecule has 0 aliphatic carbocycles. The smallest absolute Gasteiger partial charge is 0.251 e. The number of benzene rings is 1. The summed E-state index contributed by atoms with van der Waals surface area (Å²) in [5.74, 6) is -0.908. The van der Waals surface area contributed by atoms with Crippen molar-refractivity contribution in [2.75, 3.05) is 40.5 Å². The number of phenols is 1. The van der Waals surface area contributed by atoms with Crippen LogP contribution >= 0.6 is 0 Å². The van der Waals surface area contributed by atoms with Crippen LogP contribution in [0.3, 0.4) is 0 Å². The van der Waals surface area contributed by atoms with Gasteiger partial charge in [0.05, 0.1) is 13.2 Å². The largest absolute Gasteiger partial charge is 0.508 e. The molecule has 1 rings (SSSR count). The number of carbonyl (C=O) groups excluding carboxylic acids is 2. The lowest BCUT2D eigenvalue weighted by atomic mass is 10.1. The zero-order valence-electron chi connectivity index (χ0n) is 12.1. The van der Waals surface area contributed by atoms with E-state index in [0.29, 0.717) is 26.3 Å². The van der Waals surface area contributed by atoms with Crippen LogP contribution in [0.15, 0.2) is 18.2 Å². The predicted molar refractivity (Wildman–Crippen MR) is 76.5 cm³/mol. The van der Waals surface area contributed by atoms with E-state index in [1.54, 1.807) is 0 Å². The quantitative estimate of drug-likeness (QED) is 0.593. The third kappa shape index (κ3) is 5.80. The van der Waals surface area contributed by atoms with Crippen LogP contribution in [0.1, 0.15) is 20.7 Å². The number of ether oxygens (including phenoxy) is 2. The molecule has 7 heteroatoms. The molecule has 0 saturated heterocycles. The summed E-state index contributed by atoms with van der Waals surface area (Å²) in [6, 6.07) is 4.02. The number of hydrogen-bond acceptors (Lipinski definition) is 5. The topological polar surface area (TPSA) is 96.9 Å². The van der Waals surface area contributed by atoms with Gasteiger partial charge < -0.3 is 25.2 Å². The second-order valence-electron chi connectivity index (χ2n) is 4.27. The van der Waals surface area contributed by atoms with Gasteiger partial charge in [-0.2, -0.15) is 0 Å². The van der Waals surface area contributed by atoms with E-state index in [4.69, 9.17) is 9.47 Å². The number of nitrogens with one attached hydrogen (secondary N) is 2. The lowest BCUT2D eigenvalue weighted by Crippen LogP contribution is -2.29. The molecule has 0 atom stereocenters. The van der Waals surface area contributed by atoms with Crippen molar-refractivity contribution in [2.45, 2.75) is 0 Å². The maximum absolute atomic E-state index is 11.9. The van der Waals surface area contributed by atoms with Crippen molar-refractivity contribution in [1.29, 1.82) is 0 Å². The van der Waals surface area contributed by atoms with E-state index in [-0.39, 0.29) is 28.7 Å². The van der Waals surface area contributed by atoms with E-state index in [1.807, 2.05) is 0 Å². The van der Waals surface area contributed by atoms with Gasteiger partial charge in [0.1, 0.15) is 5.75 Å². The lowest BCUT2D eigenvalue weighted by molar-refractivity contribution is 0.0936. The van der Waals surface area contributed by atoms with E-state index in [2.05, 4.69) is 10.6 Å². The molecule has 0 saturated carbocycles. The summed E-state index contributed by atoms with van der Waals surface area (Å²) < 4.78 is 9.66. The number of amides is 2. The Morgan fingerprint density at radius 3 is 1.76 bits per heavy atom. The first kappa shape index (κ1) is 16.9. The Labute approximate surface area is 123 Å². The first-order valence-electron chi connectivity index (χ1n) is 6.46. The van der Waals surface area contributed by atoms with Crippen LogP contribution in [0.4, 0.5) is 0 Å². The van der Waals surface area contributed by atoms with Crippen molar-refractivity contribution in [3.05, 3.63) is 29.3 Å². The summed E-state index contributed by atoms with van der Waals surface area (Å²) in [7, 11) is 3.06. The number of rotatable bonds is 8. The van der Waals surface area contributed by atoms with Gasteiger partial charge in [-0.25, -0.2) is 0 Å². The Morgan fingerprint density at radius 2 is 1.38 bits per heavy atom. The SMILES string of the molecule is COCCNC(=O)c1cc(O)cc(C(=O)NCCOC)c1. The first-order valence-corrected chi connectivity index (χ1v) is 6.46. The van der Waals surface area contributed by atoms with Gasteiger partial charge in [0.15, 0.2) is 0 Å². The molecule has 0 aromatic heterocycles. The Morgan fingerprint density at radius 1 is 0.952 bits per heavy atom. The fourth-order valence-corrected chi connectivity index (χ4v) is 1.61. The van der Waals surface area contributed by atoms with Gasteiger partial charge in [-0.05, 0) is 18.2 Å². The molecule has 0 unspecified atom stereocenters. The van der Waals surface area contributed by atoms with Crippen LogP contribution in [-0.4, -0.2) is 57.4 Å². The summed E-state index contributed by atoms with van der Waals surface area (Å²) in [6.07, 6.45) is 0. The van der Waals surface area contributed by atoms with Crippen LogP contribution in [0, 0.1) is 0 Å². The molecule has 0 aliphatic heterocycles. The summed E-state index contributed by atoms with van der Waals surface area (Å²) in [6.45, 7) is 1.46. The molecule has 0 aliphatic rings. The van der Waals surface area contributed by atoms with E-state index in [9.17, 15) is 14.7 Å². The molecule has 116 valence electrons. The van der Waals surface area contributed by atoms with E-state index < -0.39 is 0 Å². The average molecular weight is 296 g/mol. The highest BCUT2D eigenvalue weighted by atomic mass is 16.5. The summed E-state index contributed by atoms with van der Waals surface area (Å²) in [4.78, 5) is 23.8. The number of methoxy groups -OCH3 is 2. The van der Waals surface area contributed by atoms with E-state index >= 15 is 0 Å².